The number of aliphatic hydroxyl groups is 1. The summed E-state index contributed by atoms with van der Waals surface area (Å²) in [6.07, 6.45) is 2.13. The molecule has 112 valence electrons. The summed E-state index contributed by atoms with van der Waals surface area (Å²) >= 11 is 0. The van der Waals surface area contributed by atoms with Gasteiger partial charge >= 0.3 is 0 Å². The first kappa shape index (κ1) is 16.7. The van der Waals surface area contributed by atoms with Crippen LogP contribution in [-0.4, -0.2) is 35.1 Å². The van der Waals surface area contributed by atoms with Crippen molar-refractivity contribution in [3.05, 3.63) is 34.9 Å². The molecule has 20 heavy (non-hydrogen) atoms. The van der Waals surface area contributed by atoms with Crippen LogP contribution in [0.15, 0.2) is 18.2 Å². The molecule has 0 aliphatic heterocycles. The maximum absolute atomic E-state index is 11.2. The fourth-order valence-corrected chi connectivity index (χ4v) is 2.57. The molecule has 3 N–H and O–H groups in total. The zero-order chi connectivity index (χ0) is 15.1. The highest BCUT2D eigenvalue weighted by Crippen LogP contribution is 2.17. The summed E-state index contributed by atoms with van der Waals surface area (Å²) in [5.41, 5.74) is 8.08. The number of amides is 1. The Morgan fingerprint density at radius 1 is 1.35 bits per heavy atom. The molecule has 0 radical (unpaired) electrons. The zero-order valence-corrected chi connectivity index (χ0v) is 12.7. The van der Waals surface area contributed by atoms with E-state index in [-0.39, 0.29) is 6.61 Å². The minimum Gasteiger partial charge on any atom is -0.395 e. The molecule has 0 heterocycles. The standard InChI is InChI=1S/C16H26N2O2/c1-4-15(5-2)18(8-9-19)11-14-7-6-13(16(17)20)10-12(14)3/h6-7,10,15,19H,4-5,8-9,11H2,1-3H3,(H2,17,20). The lowest BCUT2D eigenvalue weighted by molar-refractivity contribution is 0.1000. The van der Waals surface area contributed by atoms with E-state index in [1.165, 1.54) is 5.56 Å². The Balaban J connectivity index is 2.90. The van der Waals surface area contributed by atoms with Crippen molar-refractivity contribution in [1.82, 2.24) is 4.90 Å². The van der Waals surface area contributed by atoms with E-state index in [4.69, 9.17) is 5.73 Å². The summed E-state index contributed by atoms with van der Waals surface area (Å²) in [6, 6.07) is 6.04. The Labute approximate surface area is 121 Å². The number of aryl methyl sites for hydroxylation is 1. The number of nitrogens with two attached hydrogens (primary N) is 1. The number of primary amides is 1. The van der Waals surface area contributed by atoms with Crippen LogP contribution in [0.5, 0.6) is 0 Å². The third-order valence-corrected chi connectivity index (χ3v) is 3.85. The fraction of sp³-hybridized carbons (Fsp3) is 0.562. The molecule has 4 nitrogen and oxygen atoms in total. The first-order chi connectivity index (χ1) is 9.53. The highest BCUT2D eigenvalue weighted by atomic mass is 16.3. The van der Waals surface area contributed by atoms with Crippen LogP contribution in [0.4, 0.5) is 0 Å². The van der Waals surface area contributed by atoms with Gasteiger partial charge in [-0.1, -0.05) is 19.9 Å². The lowest BCUT2D eigenvalue weighted by Crippen LogP contribution is -2.36. The Morgan fingerprint density at radius 2 is 2.00 bits per heavy atom. The number of benzene rings is 1. The van der Waals surface area contributed by atoms with E-state index in [0.717, 1.165) is 24.9 Å². The molecular weight excluding hydrogens is 252 g/mol. The van der Waals surface area contributed by atoms with Gasteiger partial charge in [0.15, 0.2) is 0 Å². The molecule has 0 aliphatic rings. The van der Waals surface area contributed by atoms with Crippen LogP contribution in [0.25, 0.3) is 0 Å². The van der Waals surface area contributed by atoms with Crippen molar-refractivity contribution in [2.24, 2.45) is 5.73 Å². The summed E-state index contributed by atoms with van der Waals surface area (Å²) in [5.74, 6) is -0.396. The minimum atomic E-state index is -0.396. The third kappa shape index (κ3) is 4.32. The SMILES string of the molecule is CCC(CC)N(CCO)Cc1ccc(C(N)=O)cc1C. The maximum Gasteiger partial charge on any atom is 0.248 e. The van der Waals surface area contributed by atoms with Crippen LogP contribution in [-0.2, 0) is 6.54 Å². The summed E-state index contributed by atoms with van der Waals surface area (Å²) in [7, 11) is 0. The number of carbonyl (C=O) groups excluding carboxylic acids is 1. The molecule has 0 aliphatic carbocycles. The van der Waals surface area contributed by atoms with E-state index < -0.39 is 5.91 Å². The first-order valence-electron chi connectivity index (χ1n) is 7.27. The van der Waals surface area contributed by atoms with E-state index in [1.54, 1.807) is 6.07 Å². The minimum absolute atomic E-state index is 0.162. The van der Waals surface area contributed by atoms with Crippen LogP contribution in [0.1, 0.15) is 48.2 Å². The molecule has 0 bridgehead atoms. The van der Waals surface area contributed by atoms with Crippen molar-refractivity contribution < 1.29 is 9.90 Å². The molecule has 1 amide bonds. The lowest BCUT2D eigenvalue weighted by atomic mass is 10.0. The van der Waals surface area contributed by atoms with Crippen molar-refractivity contribution in [1.29, 1.82) is 0 Å². The predicted molar refractivity (Wildman–Crippen MR) is 81.6 cm³/mol. The Kier molecular flexibility index (Phi) is 6.68. The molecule has 0 fully saturated rings. The molecule has 1 rings (SSSR count). The average Bonchev–Trinajstić information content (AvgIpc) is 2.42. The van der Waals surface area contributed by atoms with E-state index in [2.05, 4.69) is 18.7 Å². The van der Waals surface area contributed by atoms with Gasteiger partial charge in [0, 0.05) is 24.7 Å². The molecule has 0 spiro atoms. The van der Waals surface area contributed by atoms with Crippen LogP contribution in [0, 0.1) is 6.92 Å². The van der Waals surface area contributed by atoms with Crippen molar-refractivity contribution >= 4 is 5.91 Å². The summed E-state index contributed by atoms with van der Waals surface area (Å²) in [4.78, 5) is 13.5. The van der Waals surface area contributed by atoms with Gasteiger partial charge < -0.3 is 10.8 Å². The smallest absolute Gasteiger partial charge is 0.248 e. The van der Waals surface area contributed by atoms with E-state index >= 15 is 0 Å². The van der Waals surface area contributed by atoms with Crippen molar-refractivity contribution in [3.63, 3.8) is 0 Å². The zero-order valence-electron chi connectivity index (χ0n) is 12.7. The monoisotopic (exact) mass is 278 g/mol. The number of aliphatic hydroxyl groups excluding tert-OH is 1. The van der Waals surface area contributed by atoms with Gasteiger partial charge in [-0.25, -0.2) is 0 Å². The van der Waals surface area contributed by atoms with Gasteiger partial charge in [-0.15, -0.1) is 0 Å². The Hall–Kier alpha value is -1.39. The van der Waals surface area contributed by atoms with Crippen molar-refractivity contribution in [3.8, 4) is 0 Å². The normalized spacial score (nSPS) is 11.3. The Bertz CT molecular complexity index is 442. The second-order valence-corrected chi connectivity index (χ2v) is 5.17. The summed E-state index contributed by atoms with van der Waals surface area (Å²) < 4.78 is 0. The molecule has 0 saturated heterocycles. The highest BCUT2D eigenvalue weighted by molar-refractivity contribution is 5.93. The number of rotatable bonds is 8. The fourth-order valence-electron chi connectivity index (χ4n) is 2.57. The van der Waals surface area contributed by atoms with Crippen molar-refractivity contribution in [2.75, 3.05) is 13.2 Å². The van der Waals surface area contributed by atoms with Gasteiger partial charge in [0.25, 0.3) is 0 Å². The van der Waals surface area contributed by atoms with Crippen LogP contribution in [0.3, 0.4) is 0 Å². The van der Waals surface area contributed by atoms with Crippen LogP contribution in [0.2, 0.25) is 0 Å². The van der Waals surface area contributed by atoms with Gasteiger partial charge in [-0.05, 0) is 43.0 Å². The summed E-state index contributed by atoms with van der Waals surface area (Å²) in [6.45, 7) is 7.95. The molecule has 1 aromatic rings. The largest absolute Gasteiger partial charge is 0.395 e. The molecule has 4 heteroatoms. The predicted octanol–water partition coefficient (Wildman–Crippen LogP) is 2.08. The molecule has 0 saturated carbocycles. The molecule has 0 unspecified atom stereocenters. The number of nitrogens with zero attached hydrogens (tertiary/aromatic N) is 1. The lowest BCUT2D eigenvalue weighted by Gasteiger charge is -2.30. The second kappa shape index (κ2) is 8.02. The maximum atomic E-state index is 11.2. The van der Waals surface area contributed by atoms with E-state index in [0.29, 0.717) is 18.2 Å². The average molecular weight is 278 g/mol. The van der Waals surface area contributed by atoms with E-state index in [9.17, 15) is 9.90 Å². The highest BCUT2D eigenvalue weighted by Gasteiger charge is 2.16. The van der Waals surface area contributed by atoms with Crippen LogP contribution >= 0.6 is 0 Å². The van der Waals surface area contributed by atoms with Crippen molar-refractivity contribution in [2.45, 2.75) is 46.2 Å². The molecule has 0 atom stereocenters. The van der Waals surface area contributed by atoms with Gasteiger partial charge in [-0.3, -0.25) is 9.69 Å². The van der Waals surface area contributed by atoms with Crippen LogP contribution < -0.4 is 5.73 Å². The summed E-state index contributed by atoms with van der Waals surface area (Å²) in [5, 5.41) is 9.24. The molecule has 1 aromatic carbocycles. The quantitative estimate of drug-likeness (QED) is 0.765. The topological polar surface area (TPSA) is 66.6 Å². The second-order valence-electron chi connectivity index (χ2n) is 5.17. The van der Waals surface area contributed by atoms with Gasteiger partial charge in [0.1, 0.15) is 0 Å². The third-order valence-electron chi connectivity index (χ3n) is 3.85. The number of hydrogen-bond acceptors (Lipinski definition) is 3. The molecular formula is C16H26N2O2. The van der Waals surface area contributed by atoms with E-state index in [1.807, 2.05) is 19.1 Å². The first-order valence-corrected chi connectivity index (χ1v) is 7.27. The van der Waals surface area contributed by atoms with Gasteiger partial charge in [0.2, 0.25) is 5.91 Å². The Morgan fingerprint density at radius 3 is 2.45 bits per heavy atom. The van der Waals surface area contributed by atoms with Gasteiger partial charge in [-0.2, -0.15) is 0 Å². The number of hydrogen-bond donors (Lipinski definition) is 2. The number of carbonyl (C=O) groups is 1. The van der Waals surface area contributed by atoms with Gasteiger partial charge in [0.05, 0.1) is 6.61 Å². The molecule has 0 aromatic heterocycles.